The summed E-state index contributed by atoms with van der Waals surface area (Å²) in [6.45, 7) is 3.91. The molecule has 0 unspecified atom stereocenters. The lowest BCUT2D eigenvalue weighted by Crippen LogP contribution is -2.28. The smallest absolute Gasteiger partial charge is 0.223 e. The summed E-state index contributed by atoms with van der Waals surface area (Å²) in [6, 6.07) is 15.0. The van der Waals surface area contributed by atoms with Crippen molar-refractivity contribution >= 4 is 23.2 Å². The SMILES string of the molecule is CC(=O)Nc1ccc(-c2cccc(-c3ccc4c(c3)OCCCN4C(C)=O)c2O)cc1F. The van der Waals surface area contributed by atoms with Crippen molar-refractivity contribution < 1.29 is 23.8 Å². The summed E-state index contributed by atoms with van der Waals surface area (Å²) in [5, 5.41) is 13.4. The van der Waals surface area contributed by atoms with E-state index in [0.29, 0.717) is 46.8 Å². The van der Waals surface area contributed by atoms with E-state index in [1.54, 1.807) is 35.2 Å². The van der Waals surface area contributed by atoms with Gasteiger partial charge in [0.15, 0.2) is 0 Å². The van der Waals surface area contributed by atoms with Crippen LogP contribution in [0.3, 0.4) is 0 Å². The van der Waals surface area contributed by atoms with Gasteiger partial charge in [0.25, 0.3) is 0 Å². The highest BCUT2D eigenvalue weighted by Crippen LogP contribution is 2.42. The molecule has 164 valence electrons. The molecular weight excluding hydrogens is 411 g/mol. The van der Waals surface area contributed by atoms with E-state index in [1.165, 1.54) is 26.0 Å². The second-order valence-corrected chi connectivity index (χ2v) is 7.63. The van der Waals surface area contributed by atoms with Gasteiger partial charge in [-0.05, 0) is 41.8 Å². The highest BCUT2D eigenvalue weighted by atomic mass is 19.1. The highest BCUT2D eigenvalue weighted by Gasteiger charge is 2.21. The molecule has 0 aliphatic carbocycles. The number of benzene rings is 3. The van der Waals surface area contributed by atoms with Gasteiger partial charge in [0.05, 0.1) is 18.0 Å². The number of nitrogens with zero attached hydrogens (tertiary/aromatic N) is 1. The average molecular weight is 434 g/mol. The Bertz CT molecular complexity index is 1210. The van der Waals surface area contributed by atoms with Crippen LogP contribution >= 0.6 is 0 Å². The number of nitrogens with one attached hydrogen (secondary N) is 1. The van der Waals surface area contributed by atoms with Crippen LogP contribution in [0, 0.1) is 5.82 Å². The molecule has 1 aliphatic heterocycles. The molecule has 0 spiro atoms. The van der Waals surface area contributed by atoms with Gasteiger partial charge in [-0.2, -0.15) is 0 Å². The van der Waals surface area contributed by atoms with Crippen LogP contribution in [0.15, 0.2) is 54.6 Å². The van der Waals surface area contributed by atoms with Gasteiger partial charge in [-0.15, -0.1) is 0 Å². The van der Waals surface area contributed by atoms with E-state index in [1.807, 2.05) is 12.1 Å². The van der Waals surface area contributed by atoms with Crippen molar-refractivity contribution in [3.8, 4) is 33.8 Å². The number of aromatic hydroxyl groups is 1. The zero-order valence-corrected chi connectivity index (χ0v) is 17.8. The number of halogens is 1. The normalized spacial score (nSPS) is 13.0. The molecule has 0 bridgehead atoms. The Morgan fingerprint density at radius 2 is 1.72 bits per heavy atom. The molecule has 0 aromatic heterocycles. The topological polar surface area (TPSA) is 78.9 Å². The van der Waals surface area contributed by atoms with E-state index >= 15 is 0 Å². The van der Waals surface area contributed by atoms with Gasteiger partial charge in [-0.1, -0.05) is 30.3 Å². The van der Waals surface area contributed by atoms with Crippen molar-refractivity contribution in [3.63, 3.8) is 0 Å². The van der Waals surface area contributed by atoms with Gasteiger partial charge < -0.3 is 20.1 Å². The number of para-hydroxylation sites is 1. The van der Waals surface area contributed by atoms with Gasteiger partial charge in [-0.3, -0.25) is 9.59 Å². The number of fused-ring (bicyclic) bond motifs is 1. The minimum absolute atomic E-state index is 0.00354. The fourth-order valence-corrected chi connectivity index (χ4v) is 3.86. The first kappa shape index (κ1) is 21.4. The van der Waals surface area contributed by atoms with Crippen LogP contribution in [0.1, 0.15) is 20.3 Å². The molecule has 1 heterocycles. The molecule has 0 saturated carbocycles. The van der Waals surface area contributed by atoms with E-state index in [0.717, 1.165) is 6.42 Å². The Morgan fingerprint density at radius 3 is 2.38 bits per heavy atom. The van der Waals surface area contributed by atoms with Crippen LogP contribution < -0.4 is 15.0 Å². The fourth-order valence-electron chi connectivity index (χ4n) is 3.86. The van der Waals surface area contributed by atoms with Crippen LogP contribution in [0.4, 0.5) is 15.8 Å². The number of phenolic OH excluding ortho intramolecular Hbond substituents is 1. The highest BCUT2D eigenvalue weighted by molar-refractivity contribution is 5.94. The number of hydrogen-bond acceptors (Lipinski definition) is 4. The minimum Gasteiger partial charge on any atom is -0.507 e. The first-order valence-corrected chi connectivity index (χ1v) is 10.3. The van der Waals surface area contributed by atoms with E-state index in [-0.39, 0.29) is 23.3 Å². The van der Waals surface area contributed by atoms with Crippen molar-refractivity contribution in [1.29, 1.82) is 0 Å². The van der Waals surface area contributed by atoms with Gasteiger partial charge in [0.1, 0.15) is 17.3 Å². The Balaban J connectivity index is 1.74. The number of rotatable bonds is 3. The van der Waals surface area contributed by atoms with Gasteiger partial charge >= 0.3 is 0 Å². The number of carbonyl (C=O) groups is 2. The summed E-state index contributed by atoms with van der Waals surface area (Å²) in [5.74, 6) is -0.443. The predicted molar refractivity (Wildman–Crippen MR) is 121 cm³/mol. The van der Waals surface area contributed by atoms with Crippen molar-refractivity contribution in [2.45, 2.75) is 20.3 Å². The molecule has 1 aliphatic rings. The maximum atomic E-state index is 14.4. The molecule has 0 radical (unpaired) electrons. The third kappa shape index (κ3) is 4.14. The molecule has 3 aromatic rings. The third-order valence-electron chi connectivity index (χ3n) is 5.35. The Hall–Kier alpha value is -3.87. The standard InChI is InChI=1S/C25H23FN2O4/c1-15(29)27-22-9-7-17(13-21(22)26)19-5-3-6-20(25(19)31)18-8-10-23-24(14-18)32-12-4-11-28(23)16(2)30/h3,5-10,13-14,31H,4,11-12H2,1-2H3,(H,27,29). The molecule has 32 heavy (non-hydrogen) atoms. The molecule has 0 fully saturated rings. The lowest BCUT2D eigenvalue weighted by Gasteiger charge is -2.20. The predicted octanol–water partition coefficient (Wildman–Crippen LogP) is 4.96. The number of phenols is 1. The maximum absolute atomic E-state index is 14.4. The van der Waals surface area contributed by atoms with Crippen LogP contribution in [0.2, 0.25) is 0 Å². The van der Waals surface area contributed by atoms with E-state index < -0.39 is 5.82 Å². The van der Waals surface area contributed by atoms with Crippen LogP contribution in [-0.2, 0) is 9.59 Å². The monoisotopic (exact) mass is 434 g/mol. The van der Waals surface area contributed by atoms with Crippen molar-refractivity contribution in [3.05, 3.63) is 60.4 Å². The van der Waals surface area contributed by atoms with Crippen LogP contribution in [-0.4, -0.2) is 30.1 Å². The van der Waals surface area contributed by atoms with Crippen LogP contribution in [0.25, 0.3) is 22.3 Å². The lowest BCUT2D eigenvalue weighted by atomic mass is 9.96. The molecule has 2 N–H and O–H groups in total. The summed E-state index contributed by atoms with van der Waals surface area (Å²) >= 11 is 0. The van der Waals surface area contributed by atoms with E-state index in [9.17, 15) is 19.1 Å². The second kappa shape index (κ2) is 8.70. The number of carbonyl (C=O) groups excluding carboxylic acids is 2. The molecule has 2 amide bonds. The van der Waals surface area contributed by atoms with Crippen LogP contribution in [0.5, 0.6) is 11.5 Å². The Morgan fingerprint density at radius 1 is 1.03 bits per heavy atom. The van der Waals surface area contributed by atoms with E-state index in [4.69, 9.17) is 4.74 Å². The summed E-state index contributed by atoms with van der Waals surface area (Å²) in [7, 11) is 0. The average Bonchev–Trinajstić information content (AvgIpc) is 2.97. The molecule has 3 aromatic carbocycles. The molecule has 4 rings (SSSR count). The quantitative estimate of drug-likeness (QED) is 0.611. The third-order valence-corrected chi connectivity index (χ3v) is 5.35. The molecule has 7 heteroatoms. The van der Waals surface area contributed by atoms with Crippen molar-refractivity contribution in [2.75, 3.05) is 23.4 Å². The maximum Gasteiger partial charge on any atom is 0.223 e. The zero-order chi connectivity index (χ0) is 22.8. The van der Waals surface area contributed by atoms with Crippen molar-refractivity contribution in [1.82, 2.24) is 0 Å². The largest absolute Gasteiger partial charge is 0.507 e. The van der Waals surface area contributed by atoms with Gasteiger partial charge in [-0.25, -0.2) is 4.39 Å². The minimum atomic E-state index is -0.592. The summed E-state index contributed by atoms with van der Waals surface area (Å²) in [4.78, 5) is 24.9. The molecular formula is C25H23FN2O4. The first-order valence-electron chi connectivity index (χ1n) is 10.3. The van der Waals surface area contributed by atoms with Gasteiger partial charge in [0, 0.05) is 31.5 Å². The summed E-state index contributed by atoms with van der Waals surface area (Å²) in [5.41, 5.74) is 2.98. The second-order valence-electron chi connectivity index (χ2n) is 7.63. The number of ether oxygens (including phenoxy) is 1. The van der Waals surface area contributed by atoms with Gasteiger partial charge in [0.2, 0.25) is 11.8 Å². The summed E-state index contributed by atoms with van der Waals surface area (Å²) in [6.07, 6.45) is 0.727. The number of anilines is 2. The summed E-state index contributed by atoms with van der Waals surface area (Å²) < 4.78 is 20.3. The Kier molecular flexibility index (Phi) is 5.81. The number of hydrogen-bond donors (Lipinski definition) is 2. The number of amides is 2. The molecule has 6 nitrogen and oxygen atoms in total. The first-order chi connectivity index (χ1) is 15.3. The molecule has 0 saturated heterocycles. The van der Waals surface area contributed by atoms with Crippen molar-refractivity contribution in [2.24, 2.45) is 0 Å². The van der Waals surface area contributed by atoms with E-state index in [2.05, 4.69) is 5.32 Å². The molecule has 0 atom stereocenters. The fraction of sp³-hybridized carbons (Fsp3) is 0.200. The Labute approximate surface area is 185 Å². The lowest BCUT2D eigenvalue weighted by molar-refractivity contribution is -0.116. The zero-order valence-electron chi connectivity index (χ0n) is 17.8.